The number of hydrogen-bond acceptors (Lipinski definition) is 2. The van der Waals surface area contributed by atoms with Gasteiger partial charge in [0.15, 0.2) is 0 Å². The summed E-state index contributed by atoms with van der Waals surface area (Å²) in [4.78, 5) is 0. The predicted octanol–water partition coefficient (Wildman–Crippen LogP) is 4.53. The van der Waals surface area contributed by atoms with Crippen LogP contribution in [-0.2, 0) is 10.0 Å². The molecule has 0 aromatic heterocycles. The first-order valence-corrected chi connectivity index (χ1v) is 10.1. The van der Waals surface area contributed by atoms with Crippen molar-refractivity contribution in [1.29, 1.82) is 0 Å². The molecular weight excluding hydrogens is 374 g/mol. The summed E-state index contributed by atoms with van der Waals surface area (Å²) in [7, 11) is -3.26. The van der Waals surface area contributed by atoms with Crippen LogP contribution in [0.25, 0.3) is 6.08 Å². The monoisotopic (exact) mass is 393 g/mol. The number of hydrogen-bond donors (Lipinski definition) is 1. The Morgan fingerprint density at radius 3 is 2.35 bits per heavy atom. The summed E-state index contributed by atoms with van der Waals surface area (Å²) in [5.41, 5.74) is 2.11. The van der Waals surface area contributed by atoms with Gasteiger partial charge in [-0.05, 0) is 36.1 Å². The van der Waals surface area contributed by atoms with Crippen LogP contribution in [0.15, 0.2) is 65.1 Å². The Bertz CT molecular complexity index is 740. The second-order valence-corrected chi connectivity index (χ2v) is 8.08. The van der Waals surface area contributed by atoms with Gasteiger partial charge >= 0.3 is 0 Å². The van der Waals surface area contributed by atoms with Gasteiger partial charge in [-0.25, -0.2) is 13.1 Å². The molecular formula is C18H20BrNO2S. The number of halogens is 1. The molecule has 0 heterocycles. The smallest absolute Gasteiger partial charge is 0.209 e. The summed E-state index contributed by atoms with van der Waals surface area (Å²) in [5, 5.41) is 0. The molecule has 2 aromatic carbocycles. The maximum Gasteiger partial charge on any atom is 0.209 e. The minimum atomic E-state index is -3.26. The SMILES string of the molecule is CS(=O)(=O)NC(CC/C=C/c1ccccc1)c1ccc(Br)cc1. The molecule has 0 aliphatic heterocycles. The fraction of sp³-hybridized carbons (Fsp3) is 0.222. The van der Waals surface area contributed by atoms with Gasteiger partial charge in [-0.15, -0.1) is 0 Å². The lowest BCUT2D eigenvalue weighted by Gasteiger charge is -2.17. The molecule has 0 saturated carbocycles. The van der Waals surface area contributed by atoms with Crippen LogP contribution < -0.4 is 4.72 Å². The molecule has 1 atom stereocenters. The maximum absolute atomic E-state index is 11.6. The normalized spacial score (nSPS) is 13.3. The third-order valence-corrected chi connectivity index (χ3v) is 4.60. The molecule has 1 unspecified atom stereocenters. The van der Waals surface area contributed by atoms with Crippen molar-refractivity contribution in [1.82, 2.24) is 4.72 Å². The highest BCUT2D eigenvalue weighted by molar-refractivity contribution is 9.10. The van der Waals surface area contributed by atoms with Crippen molar-refractivity contribution in [3.05, 3.63) is 76.3 Å². The molecule has 0 spiro atoms. The maximum atomic E-state index is 11.6. The lowest BCUT2D eigenvalue weighted by Crippen LogP contribution is -2.27. The second kappa shape index (κ2) is 8.43. The summed E-state index contributed by atoms with van der Waals surface area (Å²) in [6, 6.07) is 17.6. The quantitative estimate of drug-likeness (QED) is 0.750. The molecule has 2 aromatic rings. The average molecular weight is 394 g/mol. The minimum Gasteiger partial charge on any atom is -0.213 e. The van der Waals surface area contributed by atoms with E-state index in [1.807, 2.05) is 54.6 Å². The minimum absolute atomic E-state index is 0.224. The van der Waals surface area contributed by atoms with E-state index in [4.69, 9.17) is 0 Å². The third kappa shape index (κ3) is 6.69. The van der Waals surface area contributed by atoms with Crippen LogP contribution in [-0.4, -0.2) is 14.7 Å². The number of nitrogens with one attached hydrogen (secondary N) is 1. The van der Waals surface area contributed by atoms with Gasteiger partial charge in [0.1, 0.15) is 0 Å². The van der Waals surface area contributed by atoms with E-state index in [9.17, 15) is 8.42 Å². The Balaban J connectivity index is 2.03. The van der Waals surface area contributed by atoms with E-state index in [1.165, 1.54) is 6.26 Å². The molecule has 0 amide bonds. The molecule has 5 heteroatoms. The van der Waals surface area contributed by atoms with Gasteiger partial charge in [0, 0.05) is 10.5 Å². The van der Waals surface area contributed by atoms with Crippen LogP contribution in [0.3, 0.4) is 0 Å². The predicted molar refractivity (Wildman–Crippen MR) is 99.6 cm³/mol. The van der Waals surface area contributed by atoms with Crippen molar-refractivity contribution in [2.45, 2.75) is 18.9 Å². The first-order chi connectivity index (χ1) is 10.9. The summed E-state index contributed by atoms with van der Waals surface area (Å²) in [6.45, 7) is 0. The van der Waals surface area contributed by atoms with Crippen molar-refractivity contribution >= 4 is 32.0 Å². The third-order valence-electron chi connectivity index (χ3n) is 3.36. The Hall–Kier alpha value is -1.43. The molecule has 2 rings (SSSR count). The van der Waals surface area contributed by atoms with E-state index in [-0.39, 0.29) is 6.04 Å². The molecule has 0 bridgehead atoms. The zero-order valence-corrected chi connectivity index (χ0v) is 15.3. The standard InChI is InChI=1S/C18H20BrNO2S/c1-23(21,22)20-18(16-11-13-17(19)14-12-16)10-6-5-9-15-7-3-2-4-8-15/h2-5,7-9,11-14,18,20H,6,10H2,1H3/b9-5+. The van der Waals surface area contributed by atoms with Crippen LogP contribution in [0.2, 0.25) is 0 Å². The van der Waals surface area contributed by atoms with E-state index >= 15 is 0 Å². The number of sulfonamides is 1. The van der Waals surface area contributed by atoms with Crippen molar-refractivity contribution < 1.29 is 8.42 Å². The Kier molecular flexibility index (Phi) is 6.57. The fourth-order valence-electron chi connectivity index (χ4n) is 2.29. The highest BCUT2D eigenvalue weighted by Crippen LogP contribution is 2.22. The van der Waals surface area contributed by atoms with Crippen LogP contribution in [0.1, 0.15) is 30.0 Å². The Morgan fingerprint density at radius 1 is 1.09 bits per heavy atom. The van der Waals surface area contributed by atoms with Crippen molar-refractivity contribution in [2.24, 2.45) is 0 Å². The number of allylic oxidation sites excluding steroid dienone is 1. The van der Waals surface area contributed by atoms with Gasteiger partial charge in [0.25, 0.3) is 0 Å². The highest BCUT2D eigenvalue weighted by Gasteiger charge is 2.15. The van der Waals surface area contributed by atoms with Crippen LogP contribution >= 0.6 is 15.9 Å². The molecule has 0 fully saturated rings. The number of benzene rings is 2. The zero-order chi connectivity index (χ0) is 16.7. The van der Waals surface area contributed by atoms with Crippen LogP contribution in [0.4, 0.5) is 0 Å². The Labute approximate surface area is 146 Å². The van der Waals surface area contributed by atoms with Gasteiger partial charge in [-0.3, -0.25) is 0 Å². The van der Waals surface area contributed by atoms with E-state index in [0.717, 1.165) is 22.0 Å². The molecule has 0 aliphatic rings. The molecule has 0 aliphatic carbocycles. The summed E-state index contributed by atoms with van der Waals surface area (Å²) in [5.74, 6) is 0. The van der Waals surface area contributed by atoms with Crippen LogP contribution in [0, 0.1) is 0 Å². The lowest BCUT2D eigenvalue weighted by atomic mass is 10.0. The fourth-order valence-corrected chi connectivity index (χ4v) is 3.33. The first-order valence-electron chi connectivity index (χ1n) is 7.38. The van der Waals surface area contributed by atoms with Crippen molar-refractivity contribution in [3.63, 3.8) is 0 Å². The van der Waals surface area contributed by atoms with E-state index in [2.05, 4.69) is 32.8 Å². The molecule has 3 nitrogen and oxygen atoms in total. The van der Waals surface area contributed by atoms with E-state index < -0.39 is 10.0 Å². The lowest BCUT2D eigenvalue weighted by molar-refractivity contribution is 0.547. The topological polar surface area (TPSA) is 46.2 Å². The molecule has 0 radical (unpaired) electrons. The van der Waals surface area contributed by atoms with Crippen molar-refractivity contribution in [2.75, 3.05) is 6.26 Å². The average Bonchev–Trinajstić information content (AvgIpc) is 2.51. The number of rotatable bonds is 7. The summed E-state index contributed by atoms with van der Waals surface area (Å²) in [6.07, 6.45) is 6.82. The van der Waals surface area contributed by atoms with Gasteiger partial charge in [-0.2, -0.15) is 0 Å². The van der Waals surface area contributed by atoms with E-state index in [1.54, 1.807) is 0 Å². The van der Waals surface area contributed by atoms with Gasteiger partial charge in [0.2, 0.25) is 10.0 Å². The molecule has 1 N–H and O–H groups in total. The first kappa shape index (κ1) is 17.9. The largest absolute Gasteiger partial charge is 0.213 e. The highest BCUT2D eigenvalue weighted by atomic mass is 79.9. The zero-order valence-electron chi connectivity index (χ0n) is 12.9. The molecule has 122 valence electrons. The Morgan fingerprint density at radius 2 is 1.74 bits per heavy atom. The van der Waals surface area contributed by atoms with Gasteiger partial charge in [-0.1, -0.05) is 70.5 Å². The summed E-state index contributed by atoms with van der Waals surface area (Å²) < 4.78 is 26.9. The van der Waals surface area contributed by atoms with Crippen molar-refractivity contribution in [3.8, 4) is 0 Å². The molecule has 0 saturated heterocycles. The van der Waals surface area contributed by atoms with Gasteiger partial charge < -0.3 is 0 Å². The summed E-state index contributed by atoms with van der Waals surface area (Å²) >= 11 is 3.40. The van der Waals surface area contributed by atoms with E-state index in [0.29, 0.717) is 6.42 Å². The second-order valence-electron chi connectivity index (χ2n) is 5.38. The van der Waals surface area contributed by atoms with Gasteiger partial charge in [0.05, 0.1) is 6.26 Å². The molecule has 23 heavy (non-hydrogen) atoms. The van der Waals surface area contributed by atoms with Crippen LogP contribution in [0.5, 0.6) is 0 Å².